The van der Waals surface area contributed by atoms with Crippen molar-refractivity contribution in [3.8, 4) is 0 Å². The van der Waals surface area contributed by atoms with Gasteiger partial charge in [-0.3, -0.25) is 10.2 Å². The molecule has 0 aliphatic rings. The van der Waals surface area contributed by atoms with E-state index in [0.29, 0.717) is 28.3 Å². The molecule has 4 aromatic rings. The molecule has 0 aliphatic heterocycles. The molecule has 0 aliphatic carbocycles. The van der Waals surface area contributed by atoms with Crippen molar-refractivity contribution in [3.63, 3.8) is 0 Å². The van der Waals surface area contributed by atoms with Crippen LogP contribution in [-0.4, -0.2) is 25.8 Å². The summed E-state index contributed by atoms with van der Waals surface area (Å²) in [4.78, 5) is 27.9. The summed E-state index contributed by atoms with van der Waals surface area (Å²) in [5.74, 6) is 5.98. The van der Waals surface area contributed by atoms with Gasteiger partial charge in [0.2, 0.25) is 0 Å². The number of anilines is 1. The fraction of sp³-hybridized carbons (Fsp3) is 0.0588. The quantitative estimate of drug-likeness (QED) is 0.237. The van der Waals surface area contributed by atoms with Crippen molar-refractivity contribution in [2.24, 2.45) is 5.84 Å². The summed E-state index contributed by atoms with van der Waals surface area (Å²) in [6, 6.07) is 8.65. The van der Waals surface area contributed by atoms with E-state index in [-0.39, 0.29) is 10.6 Å². The Bertz CT molecular complexity index is 1170. The molecule has 10 heteroatoms. The highest BCUT2D eigenvalue weighted by Crippen LogP contribution is 2.27. The number of carbonyl (C=O) groups is 1. The van der Waals surface area contributed by atoms with Gasteiger partial charge >= 0.3 is 0 Å². The molecule has 0 saturated heterocycles. The minimum Gasteiger partial charge on any atom is -0.362 e. The lowest BCUT2D eigenvalue weighted by Crippen LogP contribution is -2.30. The topological polar surface area (TPSA) is 122 Å². The number of hydrazine groups is 1. The van der Waals surface area contributed by atoms with Crippen LogP contribution in [0.3, 0.4) is 0 Å². The van der Waals surface area contributed by atoms with E-state index in [1.54, 1.807) is 18.2 Å². The molecule has 5 N–H and O–H groups in total. The molecule has 8 nitrogen and oxygen atoms in total. The second kappa shape index (κ2) is 6.99. The zero-order valence-corrected chi connectivity index (χ0v) is 15.3. The third kappa shape index (κ3) is 3.37. The van der Waals surface area contributed by atoms with Gasteiger partial charge in [-0.1, -0.05) is 23.2 Å². The lowest BCUT2D eigenvalue weighted by atomic mass is 10.1. The third-order valence-electron chi connectivity index (χ3n) is 4.02. The number of aromatic amines is 1. The number of rotatable bonds is 4. The van der Waals surface area contributed by atoms with Crippen molar-refractivity contribution < 1.29 is 4.79 Å². The van der Waals surface area contributed by atoms with E-state index in [9.17, 15) is 4.79 Å². The highest BCUT2D eigenvalue weighted by atomic mass is 35.5. The monoisotopic (exact) mass is 401 g/mol. The molecule has 0 fully saturated rings. The molecule has 0 radical (unpaired) electrons. The second-order valence-corrected chi connectivity index (χ2v) is 6.59. The van der Waals surface area contributed by atoms with E-state index >= 15 is 0 Å². The molecule has 4 rings (SSSR count). The highest BCUT2D eigenvalue weighted by Gasteiger charge is 2.14. The summed E-state index contributed by atoms with van der Waals surface area (Å²) in [6.07, 6.45) is 1.40. The number of carbonyl (C=O) groups excluding carboxylic acids is 1. The van der Waals surface area contributed by atoms with Crippen LogP contribution < -0.4 is 16.6 Å². The molecule has 0 unspecified atom stereocenters. The molecule has 2 heterocycles. The van der Waals surface area contributed by atoms with Gasteiger partial charge in [0.05, 0.1) is 33.7 Å². The summed E-state index contributed by atoms with van der Waals surface area (Å²) in [5.41, 5.74) is 4.54. The minimum absolute atomic E-state index is 0.241. The molecule has 0 saturated carbocycles. The number of benzene rings is 2. The number of aromatic nitrogens is 4. The summed E-state index contributed by atoms with van der Waals surface area (Å²) in [5, 5.41) is 4.77. The first-order chi connectivity index (χ1) is 13.0. The molecule has 2 aromatic carbocycles. The normalized spacial score (nSPS) is 11.1. The number of halogens is 2. The van der Waals surface area contributed by atoms with Crippen LogP contribution in [-0.2, 0) is 6.54 Å². The number of fused-ring (bicyclic) bond motifs is 2. The van der Waals surface area contributed by atoms with Crippen molar-refractivity contribution in [1.29, 1.82) is 0 Å². The average Bonchev–Trinajstić information content (AvgIpc) is 3.07. The number of nitrogens with zero attached hydrogens (tertiary/aromatic N) is 3. The number of hydrogen-bond acceptors (Lipinski definition) is 6. The standard InChI is InChI=1S/C17H13Cl2N7O/c18-8-1-2-12-14(3-8)25-15(24-12)6-21-16-10-4-11(19)9(17(27)26-20)5-13(10)22-7-23-16/h1-5,7H,6,20H2,(H,24,25)(H,26,27)(H,21,22,23). The second-order valence-electron chi connectivity index (χ2n) is 5.74. The fourth-order valence-corrected chi connectivity index (χ4v) is 3.18. The lowest BCUT2D eigenvalue weighted by molar-refractivity contribution is 0.0954. The number of hydrogen-bond donors (Lipinski definition) is 4. The third-order valence-corrected chi connectivity index (χ3v) is 4.56. The highest BCUT2D eigenvalue weighted by molar-refractivity contribution is 6.34. The van der Waals surface area contributed by atoms with Gasteiger partial charge in [0, 0.05) is 10.4 Å². The molecule has 0 spiro atoms. The van der Waals surface area contributed by atoms with Crippen molar-refractivity contribution in [2.75, 3.05) is 5.32 Å². The van der Waals surface area contributed by atoms with Crippen molar-refractivity contribution in [2.45, 2.75) is 6.54 Å². The Morgan fingerprint density at radius 1 is 1.15 bits per heavy atom. The molecule has 1 amide bonds. The van der Waals surface area contributed by atoms with Crippen LogP contribution in [0.5, 0.6) is 0 Å². The first-order valence-electron chi connectivity index (χ1n) is 7.88. The lowest BCUT2D eigenvalue weighted by Gasteiger charge is -2.09. The van der Waals surface area contributed by atoms with Gasteiger partial charge in [-0.25, -0.2) is 20.8 Å². The van der Waals surface area contributed by atoms with Crippen LogP contribution in [0.1, 0.15) is 16.2 Å². The SMILES string of the molecule is NNC(=O)c1cc2ncnc(NCc3nc4ccc(Cl)cc4[nH]3)c2cc1Cl. The Kier molecular flexibility index (Phi) is 4.53. The molecular weight excluding hydrogens is 389 g/mol. The predicted molar refractivity (Wildman–Crippen MR) is 105 cm³/mol. The van der Waals surface area contributed by atoms with Crippen LogP contribution >= 0.6 is 23.2 Å². The van der Waals surface area contributed by atoms with Crippen LogP contribution in [0.25, 0.3) is 21.9 Å². The number of imidazole rings is 1. The number of H-pyrrole nitrogens is 1. The Morgan fingerprint density at radius 3 is 2.81 bits per heavy atom. The van der Waals surface area contributed by atoms with Gasteiger partial charge in [-0.05, 0) is 30.3 Å². The van der Waals surface area contributed by atoms with E-state index in [4.69, 9.17) is 29.0 Å². The smallest absolute Gasteiger partial charge is 0.266 e. The fourth-order valence-electron chi connectivity index (χ4n) is 2.76. The Labute approximate surface area is 163 Å². The zero-order valence-electron chi connectivity index (χ0n) is 13.8. The van der Waals surface area contributed by atoms with E-state index in [1.165, 1.54) is 6.33 Å². The van der Waals surface area contributed by atoms with Gasteiger partial charge in [-0.2, -0.15) is 0 Å². The summed E-state index contributed by atoms with van der Waals surface area (Å²) < 4.78 is 0. The molecule has 0 bridgehead atoms. The van der Waals surface area contributed by atoms with Crippen LogP contribution in [0, 0.1) is 0 Å². The van der Waals surface area contributed by atoms with Crippen LogP contribution in [0.4, 0.5) is 5.82 Å². The number of nitrogen functional groups attached to an aromatic ring is 1. The van der Waals surface area contributed by atoms with Gasteiger partial charge in [0.1, 0.15) is 18.0 Å². The first kappa shape index (κ1) is 17.5. The Morgan fingerprint density at radius 2 is 2.00 bits per heavy atom. The Hall–Kier alpha value is -2.94. The van der Waals surface area contributed by atoms with Gasteiger partial charge in [0.15, 0.2) is 0 Å². The molecule has 27 heavy (non-hydrogen) atoms. The summed E-state index contributed by atoms with van der Waals surface area (Å²) >= 11 is 12.2. The van der Waals surface area contributed by atoms with Gasteiger partial charge < -0.3 is 10.3 Å². The van der Waals surface area contributed by atoms with Gasteiger partial charge in [-0.15, -0.1) is 0 Å². The largest absolute Gasteiger partial charge is 0.362 e. The maximum absolute atomic E-state index is 11.8. The summed E-state index contributed by atoms with van der Waals surface area (Å²) in [7, 11) is 0. The molecule has 2 aromatic heterocycles. The average molecular weight is 402 g/mol. The number of amides is 1. The van der Waals surface area contributed by atoms with E-state index < -0.39 is 5.91 Å². The van der Waals surface area contributed by atoms with Crippen molar-refractivity contribution in [3.05, 3.63) is 58.1 Å². The summed E-state index contributed by atoms with van der Waals surface area (Å²) in [6.45, 7) is 0.404. The molecule has 136 valence electrons. The van der Waals surface area contributed by atoms with Gasteiger partial charge in [0.25, 0.3) is 5.91 Å². The van der Waals surface area contributed by atoms with Crippen LogP contribution in [0.2, 0.25) is 10.0 Å². The number of nitrogens with two attached hydrogens (primary N) is 1. The number of nitrogens with one attached hydrogen (secondary N) is 3. The van der Waals surface area contributed by atoms with Crippen LogP contribution in [0.15, 0.2) is 36.7 Å². The van der Waals surface area contributed by atoms with Crippen molar-refractivity contribution >= 4 is 56.9 Å². The Balaban J connectivity index is 1.64. The minimum atomic E-state index is -0.490. The maximum Gasteiger partial charge on any atom is 0.266 e. The molecular formula is C17H13Cl2N7O. The predicted octanol–water partition coefficient (Wildman–Crippen LogP) is 3.03. The maximum atomic E-state index is 11.8. The van der Waals surface area contributed by atoms with Crippen molar-refractivity contribution in [1.82, 2.24) is 25.4 Å². The van der Waals surface area contributed by atoms with E-state index in [1.807, 2.05) is 12.1 Å². The van der Waals surface area contributed by atoms with E-state index in [2.05, 4.69) is 30.7 Å². The van der Waals surface area contributed by atoms with E-state index in [0.717, 1.165) is 16.9 Å². The zero-order chi connectivity index (χ0) is 19.0. The molecule has 0 atom stereocenters. The first-order valence-corrected chi connectivity index (χ1v) is 8.64.